The summed E-state index contributed by atoms with van der Waals surface area (Å²) in [6.07, 6.45) is 0.441. The van der Waals surface area contributed by atoms with Gasteiger partial charge in [-0.3, -0.25) is 9.78 Å². The zero-order valence-electron chi connectivity index (χ0n) is 10.5. The molecular weight excluding hydrogens is 228 g/mol. The number of fused-ring (bicyclic) bond motifs is 1. The minimum Gasteiger partial charge on any atom is -0.468 e. The van der Waals surface area contributed by atoms with Gasteiger partial charge in [-0.2, -0.15) is 0 Å². The second kappa shape index (κ2) is 5.14. The quantitative estimate of drug-likeness (QED) is 0.833. The molecule has 1 aromatic heterocycles. The van der Waals surface area contributed by atoms with Gasteiger partial charge in [-0.1, -0.05) is 18.2 Å². The predicted octanol–water partition coefficient (Wildman–Crippen LogP) is 1.59. The van der Waals surface area contributed by atoms with Crippen LogP contribution in [-0.4, -0.2) is 24.1 Å². The summed E-state index contributed by atoms with van der Waals surface area (Å²) in [5.41, 5.74) is 8.59. The fourth-order valence-electron chi connectivity index (χ4n) is 1.93. The zero-order valence-corrected chi connectivity index (χ0v) is 10.5. The van der Waals surface area contributed by atoms with E-state index in [1.54, 1.807) is 0 Å². The first-order valence-corrected chi connectivity index (χ1v) is 5.80. The van der Waals surface area contributed by atoms with Crippen molar-refractivity contribution in [2.45, 2.75) is 19.4 Å². The first-order valence-electron chi connectivity index (χ1n) is 5.80. The number of aryl methyl sites for hydroxylation is 1. The third kappa shape index (κ3) is 2.49. The van der Waals surface area contributed by atoms with Crippen LogP contribution < -0.4 is 5.73 Å². The van der Waals surface area contributed by atoms with Crippen LogP contribution >= 0.6 is 0 Å². The summed E-state index contributed by atoms with van der Waals surface area (Å²) in [5.74, 6) is -0.400. The van der Waals surface area contributed by atoms with Crippen LogP contribution in [0.5, 0.6) is 0 Å². The molecule has 2 rings (SSSR count). The molecule has 0 spiro atoms. The lowest BCUT2D eigenvalue weighted by Crippen LogP contribution is -2.33. The van der Waals surface area contributed by atoms with E-state index in [0.717, 1.165) is 22.2 Å². The first kappa shape index (κ1) is 12.5. The molecule has 4 heteroatoms. The smallest absolute Gasteiger partial charge is 0.322 e. The van der Waals surface area contributed by atoms with E-state index < -0.39 is 12.0 Å². The van der Waals surface area contributed by atoms with Crippen LogP contribution in [0, 0.1) is 6.92 Å². The molecule has 2 aromatic rings. The van der Waals surface area contributed by atoms with Crippen molar-refractivity contribution in [3.8, 4) is 0 Å². The van der Waals surface area contributed by atoms with E-state index in [0.29, 0.717) is 6.42 Å². The monoisotopic (exact) mass is 244 g/mol. The maximum absolute atomic E-state index is 11.3. The number of benzene rings is 1. The normalized spacial score (nSPS) is 12.4. The molecule has 0 aliphatic rings. The SMILES string of the molecule is COC(=O)C(N)Cc1cc2ccccc2nc1C. The molecule has 2 N–H and O–H groups in total. The Kier molecular flexibility index (Phi) is 3.58. The number of pyridine rings is 1. The number of para-hydroxylation sites is 1. The van der Waals surface area contributed by atoms with Crippen LogP contribution in [0.4, 0.5) is 0 Å². The van der Waals surface area contributed by atoms with Crippen molar-refractivity contribution in [1.29, 1.82) is 0 Å². The summed E-state index contributed by atoms with van der Waals surface area (Å²) < 4.78 is 4.63. The lowest BCUT2D eigenvalue weighted by Gasteiger charge is -2.11. The second-order valence-electron chi connectivity index (χ2n) is 4.26. The molecule has 0 saturated carbocycles. The van der Waals surface area contributed by atoms with Crippen LogP contribution in [0.15, 0.2) is 30.3 Å². The molecule has 0 bridgehead atoms. The first-order chi connectivity index (χ1) is 8.61. The zero-order chi connectivity index (χ0) is 13.1. The molecule has 1 unspecified atom stereocenters. The van der Waals surface area contributed by atoms with Gasteiger partial charge in [0.2, 0.25) is 0 Å². The average Bonchev–Trinajstić information content (AvgIpc) is 2.38. The molecule has 0 amide bonds. The van der Waals surface area contributed by atoms with E-state index in [-0.39, 0.29) is 0 Å². The summed E-state index contributed by atoms with van der Waals surface area (Å²) in [5, 5.41) is 1.05. The molecule has 0 aliphatic carbocycles. The third-order valence-electron chi connectivity index (χ3n) is 2.96. The van der Waals surface area contributed by atoms with Crippen molar-refractivity contribution in [1.82, 2.24) is 4.98 Å². The van der Waals surface area contributed by atoms with Gasteiger partial charge in [-0.05, 0) is 24.6 Å². The number of hydrogen-bond donors (Lipinski definition) is 1. The number of aromatic nitrogens is 1. The maximum Gasteiger partial charge on any atom is 0.322 e. The van der Waals surface area contributed by atoms with Crippen molar-refractivity contribution in [3.05, 3.63) is 41.6 Å². The van der Waals surface area contributed by atoms with E-state index >= 15 is 0 Å². The largest absolute Gasteiger partial charge is 0.468 e. The number of hydrogen-bond acceptors (Lipinski definition) is 4. The Morgan fingerprint density at radius 1 is 1.44 bits per heavy atom. The van der Waals surface area contributed by atoms with E-state index in [1.807, 2.05) is 37.3 Å². The summed E-state index contributed by atoms with van der Waals surface area (Å²) in [4.78, 5) is 15.8. The lowest BCUT2D eigenvalue weighted by atomic mass is 10.0. The van der Waals surface area contributed by atoms with E-state index in [9.17, 15) is 4.79 Å². The van der Waals surface area contributed by atoms with E-state index in [2.05, 4.69) is 9.72 Å². The summed E-state index contributed by atoms with van der Waals surface area (Å²) in [7, 11) is 1.34. The minimum atomic E-state index is -0.642. The number of methoxy groups -OCH3 is 1. The van der Waals surface area contributed by atoms with Crippen molar-refractivity contribution >= 4 is 16.9 Å². The molecule has 0 radical (unpaired) electrons. The van der Waals surface area contributed by atoms with Gasteiger partial charge in [0.1, 0.15) is 6.04 Å². The number of nitrogens with two attached hydrogens (primary N) is 1. The van der Waals surface area contributed by atoms with E-state index in [4.69, 9.17) is 5.73 Å². The molecule has 18 heavy (non-hydrogen) atoms. The van der Waals surface area contributed by atoms with Crippen LogP contribution in [0.25, 0.3) is 10.9 Å². The van der Waals surface area contributed by atoms with Gasteiger partial charge < -0.3 is 10.5 Å². The second-order valence-corrected chi connectivity index (χ2v) is 4.26. The average molecular weight is 244 g/mol. The molecule has 1 heterocycles. The summed E-state index contributed by atoms with van der Waals surface area (Å²) in [6.45, 7) is 1.92. The Morgan fingerprint density at radius 3 is 2.89 bits per heavy atom. The highest BCUT2D eigenvalue weighted by molar-refractivity contribution is 5.80. The van der Waals surface area contributed by atoms with Gasteiger partial charge >= 0.3 is 5.97 Å². The Balaban J connectivity index is 2.33. The molecule has 1 atom stereocenters. The molecule has 94 valence electrons. The number of carbonyl (C=O) groups excluding carboxylic acids is 1. The predicted molar refractivity (Wildman–Crippen MR) is 70.2 cm³/mol. The number of carbonyl (C=O) groups is 1. The number of rotatable bonds is 3. The number of nitrogens with zero attached hydrogens (tertiary/aromatic N) is 1. The van der Waals surface area contributed by atoms with Gasteiger partial charge in [0.25, 0.3) is 0 Å². The molecule has 0 saturated heterocycles. The van der Waals surface area contributed by atoms with Gasteiger partial charge in [0, 0.05) is 17.5 Å². The van der Waals surface area contributed by atoms with Crippen molar-refractivity contribution in [2.75, 3.05) is 7.11 Å². The van der Waals surface area contributed by atoms with Crippen molar-refractivity contribution < 1.29 is 9.53 Å². The fourth-order valence-corrected chi connectivity index (χ4v) is 1.93. The molecule has 1 aromatic carbocycles. The Bertz CT molecular complexity index is 581. The van der Waals surface area contributed by atoms with Crippen LogP contribution in [0.1, 0.15) is 11.3 Å². The minimum absolute atomic E-state index is 0.400. The van der Waals surface area contributed by atoms with Gasteiger partial charge in [0.05, 0.1) is 12.6 Å². The van der Waals surface area contributed by atoms with Crippen LogP contribution in [0.3, 0.4) is 0 Å². The van der Waals surface area contributed by atoms with Crippen LogP contribution in [0.2, 0.25) is 0 Å². The number of ether oxygens (including phenoxy) is 1. The highest BCUT2D eigenvalue weighted by atomic mass is 16.5. The van der Waals surface area contributed by atoms with Crippen LogP contribution in [-0.2, 0) is 16.0 Å². The van der Waals surface area contributed by atoms with E-state index in [1.165, 1.54) is 7.11 Å². The number of esters is 1. The molecule has 0 aliphatic heterocycles. The molecule has 0 fully saturated rings. The highest BCUT2D eigenvalue weighted by Crippen LogP contribution is 2.17. The standard InChI is InChI=1S/C14H16N2O2/c1-9-11(8-12(15)14(17)18-2)7-10-5-3-4-6-13(10)16-9/h3-7,12H,8,15H2,1-2H3. The Morgan fingerprint density at radius 2 is 2.17 bits per heavy atom. The van der Waals surface area contributed by atoms with Crippen molar-refractivity contribution in [3.63, 3.8) is 0 Å². The summed E-state index contributed by atoms with van der Waals surface area (Å²) >= 11 is 0. The Hall–Kier alpha value is -1.94. The maximum atomic E-state index is 11.3. The van der Waals surface area contributed by atoms with Gasteiger partial charge in [-0.25, -0.2) is 0 Å². The topological polar surface area (TPSA) is 65.2 Å². The van der Waals surface area contributed by atoms with Gasteiger partial charge in [-0.15, -0.1) is 0 Å². The molecule has 4 nitrogen and oxygen atoms in total. The lowest BCUT2D eigenvalue weighted by molar-refractivity contribution is -0.142. The molecular formula is C14H16N2O2. The fraction of sp³-hybridized carbons (Fsp3) is 0.286. The highest BCUT2D eigenvalue weighted by Gasteiger charge is 2.16. The van der Waals surface area contributed by atoms with Gasteiger partial charge in [0.15, 0.2) is 0 Å². The Labute approximate surface area is 106 Å². The third-order valence-corrected chi connectivity index (χ3v) is 2.96. The summed E-state index contributed by atoms with van der Waals surface area (Å²) in [6, 6.07) is 9.26. The van der Waals surface area contributed by atoms with Crippen molar-refractivity contribution in [2.24, 2.45) is 5.73 Å².